The van der Waals surface area contributed by atoms with Gasteiger partial charge < -0.3 is 14.8 Å². The van der Waals surface area contributed by atoms with Gasteiger partial charge in [-0.1, -0.05) is 13.3 Å². The number of carboxylic acid groups (broad SMARTS) is 1. The molecule has 0 amide bonds. The highest BCUT2D eigenvalue weighted by molar-refractivity contribution is 5.97. The molecule has 0 bridgehead atoms. The average molecular weight is 289 g/mol. The first kappa shape index (κ1) is 15.6. The molecule has 2 aromatic rings. The lowest BCUT2D eigenvalue weighted by Gasteiger charge is -2.08. The Kier molecular flexibility index (Phi) is 4.68. The summed E-state index contributed by atoms with van der Waals surface area (Å²) in [5.74, 6) is -0.894. The summed E-state index contributed by atoms with van der Waals surface area (Å²) < 4.78 is 2.11. The molecule has 0 saturated heterocycles. The number of aliphatic hydroxyl groups is 1. The van der Waals surface area contributed by atoms with Crippen molar-refractivity contribution in [1.82, 2.24) is 4.57 Å². The summed E-state index contributed by atoms with van der Waals surface area (Å²) in [5, 5.41) is 19.6. The topological polar surface area (TPSA) is 62.5 Å². The van der Waals surface area contributed by atoms with E-state index in [2.05, 4.69) is 18.4 Å². The first-order valence-corrected chi connectivity index (χ1v) is 7.47. The number of aliphatic hydroxyl groups excluding tert-OH is 1. The molecule has 0 unspecified atom stereocenters. The number of aromatic carboxylic acids is 1. The van der Waals surface area contributed by atoms with Crippen molar-refractivity contribution in [3.8, 4) is 0 Å². The molecule has 0 radical (unpaired) electrons. The summed E-state index contributed by atoms with van der Waals surface area (Å²) in [6.07, 6.45) is 3.12. The molecule has 4 nitrogen and oxygen atoms in total. The molecule has 114 valence electrons. The highest BCUT2D eigenvalue weighted by Crippen LogP contribution is 2.31. The van der Waals surface area contributed by atoms with E-state index >= 15 is 0 Å². The second kappa shape index (κ2) is 6.31. The number of nitrogens with zero attached hydrogens (tertiary/aromatic N) is 1. The standard InChI is InChI=1S/C17H23NO3/c1-4-5-6-14-12(3)18(7-8-19)16-11(2)9-13(17(20)21)10-15(14)16/h9-10,19H,4-8H2,1-3H3,(H,20,21). The van der Waals surface area contributed by atoms with Crippen molar-refractivity contribution < 1.29 is 15.0 Å². The molecule has 1 aromatic heterocycles. The van der Waals surface area contributed by atoms with E-state index in [4.69, 9.17) is 0 Å². The van der Waals surface area contributed by atoms with Crippen LogP contribution in [0.5, 0.6) is 0 Å². The van der Waals surface area contributed by atoms with Crippen LogP contribution < -0.4 is 0 Å². The number of carboxylic acids is 1. The van der Waals surface area contributed by atoms with E-state index in [1.165, 1.54) is 5.56 Å². The van der Waals surface area contributed by atoms with Crippen LogP contribution >= 0.6 is 0 Å². The van der Waals surface area contributed by atoms with Gasteiger partial charge in [-0.2, -0.15) is 0 Å². The zero-order chi connectivity index (χ0) is 15.6. The van der Waals surface area contributed by atoms with Crippen LogP contribution in [0.1, 0.15) is 46.9 Å². The largest absolute Gasteiger partial charge is 0.478 e. The normalized spacial score (nSPS) is 11.2. The Hall–Kier alpha value is -1.81. The van der Waals surface area contributed by atoms with Crippen molar-refractivity contribution in [2.24, 2.45) is 0 Å². The van der Waals surface area contributed by atoms with Gasteiger partial charge in [0.25, 0.3) is 0 Å². The van der Waals surface area contributed by atoms with Gasteiger partial charge in [0.1, 0.15) is 0 Å². The van der Waals surface area contributed by atoms with Gasteiger partial charge in [0.2, 0.25) is 0 Å². The van der Waals surface area contributed by atoms with E-state index in [9.17, 15) is 15.0 Å². The monoisotopic (exact) mass is 289 g/mol. The fourth-order valence-electron chi connectivity index (χ4n) is 3.07. The minimum atomic E-state index is -0.894. The van der Waals surface area contributed by atoms with Crippen LogP contribution in [0.4, 0.5) is 0 Å². The van der Waals surface area contributed by atoms with E-state index in [0.29, 0.717) is 12.1 Å². The minimum Gasteiger partial charge on any atom is -0.478 e. The summed E-state index contributed by atoms with van der Waals surface area (Å²) in [7, 11) is 0. The lowest BCUT2D eigenvalue weighted by Crippen LogP contribution is -2.05. The van der Waals surface area contributed by atoms with Gasteiger partial charge in [-0.25, -0.2) is 4.79 Å². The van der Waals surface area contributed by atoms with Crippen molar-refractivity contribution in [2.75, 3.05) is 6.61 Å². The van der Waals surface area contributed by atoms with Gasteiger partial charge in [-0.3, -0.25) is 0 Å². The Morgan fingerprint density at radius 3 is 2.57 bits per heavy atom. The van der Waals surface area contributed by atoms with Crippen LogP contribution in [0.2, 0.25) is 0 Å². The fraction of sp³-hybridized carbons (Fsp3) is 0.471. The van der Waals surface area contributed by atoms with Gasteiger partial charge in [-0.15, -0.1) is 0 Å². The third-order valence-corrected chi connectivity index (χ3v) is 4.09. The number of hydrogen-bond donors (Lipinski definition) is 2. The molecule has 21 heavy (non-hydrogen) atoms. The molecule has 0 aliphatic carbocycles. The van der Waals surface area contributed by atoms with E-state index in [-0.39, 0.29) is 6.61 Å². The number of aromatic nitrogens is 1. The Morgan fingerprint density at radius 2 is 2.00 bits per heavy atom. The molecule has 1 heterocycles. The smallest absolute Gasteiger partial charge is 0.335 e. The summed E-state index contributed by atoms with van der Waals surface area (Å²) in [5.41, 5.74) is 4.69. The van der Waals surface area contributed by atoms with Crippen LogP contribution in [0.3, 0.4) is 0 Å². The van der Waals surface area contributed by atoms with E-state index < -0.39 is 5.97 Å². The first-order chi connectivity index (χ1) is 10.0. The second-order valence-electron chi connectivity index (χ2n) is 5.54. The number of carbonyl (C=O) groups is 1. The van der Waals surface area contributed by atoms with Crippen LogP contribution in [0.25, 0.3) is 10.9 Å². The minimum absolute atomic E-state index is 0.0813. The molecule has 0 atom stereocenters. The van der Waals surface area contributed by atoms with E-state index in [1.54, 1.807) is 12.1 Å². The molecule has 0 spiro atoms. The molecule has 0 aliphatic heterocycles. The number of rotatable bonds is 6. The Bertz CT molecular complexity index is 670. The number of aryl methyl sites for hydroxylation is 2. The quantitative estimate of drug-likeness (QED) is 0.857. The number of unbranched alkanes of at least 4 members (excludes halogenated alkanes) is 1. The molecule has 0 fully saturated rings. The fourth-order valence-corrected chi connectivity index (χ4v) is 3.07. The summed E-state index contributed by atoms with van der Waals surface area (Å²) in [4.78, 5) is 11.3. The maximum atomic E-state index is 11.3. The van der Waals surface area contributed by atoms with Gasteiger partial charge >= 0.3 is 5.97 Å². The van der Waals surface area contributed by atoms with Crippen molar-refractivity contribution in [2.45, 2.75) is 46.6 Å². The van der Waals surface area contributed by atoms with E-state index in [1.807, 2.05) is 6.92 Å². The summed E-state index contributed by atoms with van der Waals surface area (Å²) in [6.45, 7) is 6.77. The van der Waals surface area contributed by atoms with Crippen molar-refractivity contribution in [1.29, 1.82) is 0 Å². The maximum absolute atomic E-state index is 11.3. The van der Waals surface area contributed by atoms with Crippen LogP contribution in [-0.2, 0) is 13.0 Å². The van der Waals surface area contributed by atoms with Crippen molar-refractivity contribution in [3.05, 3.63) is 34.5 Å². The Balaban J connectivity index is 2.73. The molecule has 4 heteroatoms. The van der Waals surface area contributed by atoms with Crippen molar-refractivity contribution >= 4 is 16.9 Å². The molecule has 0 saturated carbocycles. The number of fused-ring (bicyclic) bond motifs is 1. The van der Waals surface area contributed by atoms with Crippen molar-refractivity contribution in [3.63, 3.8) is 0 Å². The lowest BCUT2D eigenvalue weighted by atomic mass is 10.0. The summed E-state index contributed by atoms with van der Waals surface area (Å²) >= 11 is 0. The Labute approximate surface area is 125 Å². The molecule has 2 rings (SSSR count). The predicted molar refractivity (Wildman–Crippen MR) is 84.1 cm³/mol. The molecular formula is C17H23NO3. The summed E-state index contributed by atoms with van der Waals surface area (Å²) in [6, 6.07) is 3.48. The third kappa shape index (κ3) is 2.81. The highest BCUT2D eigenvalue weighted by atomic mass is 16.4. The number of hydrogen-bond acceptors (Lipinski definition) is 2. The number of benzene rings is 1. The SMILES string of the molecule is CCCCc1c(C)n(CCO)c2c(C)cc(C(=O)O)cc12. The van der Waals surface area contributed by atoms with Crippen LogP contribution in [0.15, 0.2) is 12.1 Å². The van der Waals surface area contributed by atoms with E-state index in [0.717, 1.165) is 41.4 Å². The zero-order valence-electron chi connectivity index (χ0n) is 12.9. The molecule has 2 N–H and O–H groups in total. The lowest BCUT2D eigenvalue weighted by molar-refractivity contribution is 0.0697. The van der Waals surface area contributed by atoms with Gasteiger partial charge in [0.15, 0.2) is 0 Å². The maximum Gasteiger partial charge on any atom is 0.335 e. The van der Waals surface area contributed by atoms with Crippen LogP contribution in [0, 0.1) is 13.8 Å². The average Bonchev–Trinajstić information content (AvgIpc) is 2.70. The zero-order valence-corrected chi connectivity index (χ0v) is 12.9. The third-order valence-electron chi connectivity index (χ3n) is 4.09. The van der Waals surface area contributed by atoms with Gasteiger partial charge in [0, 0.05) is 17.6 Å². The second-order valence-corrected chi connectivity index (χ2v) is 5.54. The molecule has 1 aromatic carbocycles. The first-order valence-electron chi connectivity index (χ1n) is 7.47. The molecule has 0 aliphatic rings. The van der Waals surface area contributed by atoms with Gasteiger partial charge in [0.05, 0.1) is 17.7 Å². The Morgan fingerprint density at radius 1 is 1.29 bits per heavy atom. The van der Waals surface area contributed by atoms with Crippen LogP contribution in [-0.4, -0.2) is 27.4 Å². The predicted octanol–water partition coefficient (Wildman–Crippen LogP) is 3.29. The highest BCUT2D eigenvalue weighted by Gasteiger charge is 2.17. The molecular weight excluding hydrogens is 266 g/mol. The van der Waals surface area contributed by atoms with Gasteiger partial charge in [-0.05, 0) is 49.9 Å².